The maximum Gasteiger partial charge on any atom is 0.340 e. The summed E-state index contributed by atoms with van der Waals surface area (Å²) >= 11 is 6.60. The molecule has 0 unspecified atom stereocenters. The monoisotopic (exact) mass is 336 g/mol. The molecule has 0 bridgehead atoms. The Morgan fingerprint density at radius 2 is 1.87 bits per heavy atom. The first kappa shape index (κ1) is 12.5. The number of halogens is 2. The zero-order chi connectivity index (χ0) is 11.4. The third kappa shape index (κ3) is 2.95. The Hall–Kier alpha value is -0.550. The van der Waals surface area contributed by atoms with Gasteiger partial charge in [-0.3, -0.25) is 0 Å². The molecule has 0 amide bonds. The van der Waals surface area contributed by atoms with Crippen molar-refractivity contribution in [1.29, 1.82) is 0 Å². The number of hydrogen-bond donors (Lipinski definition) is 0. The first-order valence-corrected chi connectivity index (χ1v) is 5.89. The summed E-state index contributed by atoms with van der Waals surface area (Å²) in [6.45, 7) is 2.12. The van der Waals surface area contributed by atoms with Crippen LogP contribution in [0.25, 0.3) is 0 Å². The Bertz CT molecular complexity index is 354. The molecule has 1 aromatic carbocycles. The van der Waals surface area contributed by atoms with E-state index in [1.165, 1.54) is 0 Å². The lowest BCUT2D eigenvalue weighted by molar-refractivity contribution is 0.0524. The molecule has 0 aliphatic carbocycles. The third-order valence-corrected chi connectivity index (χ3v) is 2.98. The highest BCUT2D eigenvalue weighted by atomic mass is 79.9. The van der Waals surface area contributed by atoms with E-state index in [9.17, 15) is 4.79 Å². The van der Waals surface area contributed by atoms with Crippen LogP contribution in [0.2, 0.25) is 0 Å². The average molecular weight is 338 g/mol. The minimum Gasteiger partial charge on any atom is -0.497 e. The summed E-state index contributed by atoms with van der Waals surface area (Å²) in [4.78, 5) is 11.6. The number of ether oxygens (including phenoxy) is 2. The van der Waals surface area contributed by atoms with E-state index in [0.717, 1.165) is 0 Å². The van der Waals surface area contributed by atoms with E-state index >= 15 is 0 Å². The van der Waals surface area contributed by atoms with Crippen LogP contribution in [0.4, 0.5) is 0 Å². The van der Waals surface area contributed by atoms with Crippen molar-refractivity contribution in [2.24, 2.45) is 0 Å². The van der Waals surface area contributed by atoms with Crippen LogP contribution in [-0.2, 0) is 4.74 Å². The van der Waals surface area contributed by atoms with E-state index < -0.39 is 0 Å². The molecule has 0 atom stereocenters. The van der Waals surface area contributed by atoms with Gasteiger partial charge in [0, 0.05) is 8.95 Å². The maximum atomic E-state index is 11.6. The molecule has 0 radical (unpaired) electrons. The standard InChI is InChI=1S/C10H10Br2O3/c1-3-15-10(13)9-7(11)4-6(14-2)5-8(9)12/h4-5H,3H2,1-2H3. The number of carbonyl (C=O) groups is 1. The summed E-state index contributed by atoms with van der Waals surface area (Å²) in [5, 5.41) is 0. The van der Waals surface area contributed by atoms with Crippen molar-refractivity contribution in [3.63, 3.8) is 0 Å². The van der Waals surface area contributed by atoms with Gasteiger partial charge >= 0.3 is 5.97 Å². The molecule has 82 valence electrons. The summed E-state index contributed by atoms with van der Waals surface area (Å²) in [6.07, 6.45) is 0. The largest absolute Gasteiger partial charge is 0.497 e. The number of hydrogen-bond acceptors (Lipinski definition) is 3. The van der Waals surface area contributed by atoms with Gasteiger partial charge in [-0.15, -0.1) is 0 Å². The quantitative estimate of drug-likeness (QED) is 0.793. The first-order chi connectivity index (χ1) is 7.10. The minimum absolute atomic E-state index is 0.351. The molecule has 3 nitrogen and oxygen atoms in total. The first-order valence-electron chi connectivity index (χ1n) is 4.30. The number of rotatable bonds is 3. The molecule has 0 N–H and O–H groups in total. The van der Waals surface area contributed by atoms with Gasteiger partial charge in [-0.1, -0.05) is 0 Å². The molecular weight excluding hydrogens is 328 g/mol. The minimum atomic E-state index is -0.362. The summed E-state index contributed by atoms with van der Waals surface area (Å²) < 4.78 is 11.3. The van der Waals surface area contributed by atoms with E-state index in [4.69, 9.17) is 9.47 Å². The molecule has 0 aliphatic rings. The van der Waals surface area contributed by atoms with Crippen molar-refractivity contribution in [1.82, 2.24) is 0 Å². The van der Waals surface area contributed by atoms with Crippen molar-refractivity contribution in [2.75, 3.05) is 13.7 Å². The fourth-order valence-corrected chi connectivity index (χ4v) is 2.53. The molecule has 1 aromatic rings. The second-order valence-electron chi connectivity index (χ2n) is 2.69. The van der Waals surface area contributed by atoms with Crippen molar-refractivity contribution in [3.8, 4) is 5.75 Å². The van der Waals surface area contributed by atoms with Crippen LogP contribution in [0.15, 0.2) is 21.1 Å². The Morgan fingerprint density at radius 3 is 2.27 bits per heavy atom. The fraction of sp³-hybridized carbons (Fsp3) is 0.300. The molecule has 0 spiro atoms. The van der Waals surface area contributed by atoms with Crippen LogP contribution in [0.1, 0.15) is 17.3 Å². The van der Waals surface area contributed by atoms with Gasteiger partial charge in [0.1, 0.15) is 5.75 Å². The van der Waals surface area contributed by atoms with Crippen LogP contribution < -0.4 is 4.74 Å². The van der Waals surface area contributed by atoms with Gasteiger partial charge in [0.2, 0.25) is 0 Å². The maximum absolute atomic E-state index is 11.6. The molecule has 0 saturated heterocycles. The number of benzene rings is 1. The van der Waals surface area contributed by atoms with Gasteiger partial charge in [-0.05, 0) is 50.9 Å². The molecule has 0 saturated carbocycles. The van der Waals surface area contributed by atoms with E-state index in [2.05, 4.69) is 31.9 Å². The Kier molecular flexibility index (Phi) is 4.60. The second kappa shape index (κ2) is 5.51. The summed E-state index contributed by atoms with van der Waals surface area (Å²) in [6, 6.07) is 3.44. The summed E-state index contributed by atoms with van der Waals surface area (Å²) in [5.41, 5.74) is 0.470. The molecule has 15 heavy (non-hydrogen) atoms. The normalized spacial score (nSPS) is 9.87. The smallest absolute Gasteiger partial charge is 0.340 e. The lowest BCUT2D eigenvalue weighted by atomic mass is 10.2. The number of esters is 1. The number of methoxy groups -OCH3 is 1. The zero-order valence-corrected chi connectivity index (χ0v) is 11.5. The molecule has 5 heteroatoms. The molecule has 0 heterocycles. The Balaban J connectivity index is 3.13. The highest BCUT2D eigenvalue weighted by Gasteiger charge is 2.16. The zero-order valence-electron chi connectivity index (χ0n) is 8.34. The fourth-order valence-electron chi connectivity index (χ4n) is 1.07. The van der Waals surface area contributed by atoms with Crippen molar-refractivity contribution < 1.29 is 14.3 Å². The van der Waals surface area contributed by atoms with Crippen LogP contribution in [-0.4, -0.2) is 19.7 Å². The van der Waals surface area contributed by atoms with Gasteiger partial charge in [0.25, 0.3) is 0 Å². The molecule has 0 aliphatic heterocycles. The van der Waals surface area contributed by atoms with Crippen LogP contribution in [0, 0.1) is 0 Å². The van der Waals surface area contributed by atoms with Gasteiger partial charge in [-0.25, -0.2) is 4.79 Å². The molecule has 1 rings (SSSR count). The van der Waals surface area contributed by atoms with Crippen LogP contribution >= 0.6 is 31.9 Å². The topological polar surface area (TPSA) is 35.5 Å². The van der Waals surface area contributed by atoms with Gasteiger partial charge in [-0.2, -0.15) is 0 Å². The summed E-state index contributed by atoms with van der Waals surface area (Å²) in [5.74, 6) is 0.306. The average Bonchev–Trinajstić information content (AvgIpc) is 2.16. The molecule has 0 aromatic heterocycles. The predicted octanol–water partition coefficient (Wildman–Crippen LogP) is 3.40. The highest BCUT2D eigenvalue weighted by molar-refractivity contribution is 9.11. The highest BCUT2D eigenvalue weighted by Crippen LogP contribution is 2.31. The Morgan fingerprint density at radius 1 is 1.33 bits per heavy atom. The van der Waals surface area contributed by atoms with Crippen molar-refractivity contribution >= 4 is 37.8 Å². The van der Waals surface area contributed by atoms with E-state index in [1.54, 1.807) is 26.2 Å². The van der Waals surface area contributed by atoms with E-state index in [-0.39, 0.29) is 5.97 Å². The lowest BCUT2D eigenvalue weighted by Gasteiger charge is -2.08. The van der Waals surface area contributed by atoms with Crippen molar-refractivity contribution in [2.45, 2.75) is 6.92 Å². The van der Waals surface area contributed by atoms with Gasteiger partial charge < -0.3 is 9.47 Å². The SMILES string of the molecule is CCOC(=O)c1c(Br)cc(OC)cc1Br. The third-order valence-electron chi connectivity index (χ3n) is 1.73. The van der Waals surface area contributed by atoms with E-state index in [0.29, 0.717) is 26.9 Å². The van der Waals surface area contributed by atoms with Crippen molar-refractivity contribution in [3.05, 3.63) is 26.6 Å². The molecular formula is C10H10Br2O3. The van der Waals surface area contributed by atoms with Gasteiger partial charge in [0.05, 0.1) is 19.3 Å². The predicted molar refractivity (Wildman–Crippen MR) is 64.4 cm³/mol. The second-order valence-corrected chi connectivity index (χ2v) is 4.40. The van der Waals surface area contributed by atoms with E-state index in [1.807, 2.05) is 0 Å². The molecule has 0 fully saturated rings. The Labute approximate surface area is 105 Å². The lowest BCUT2D eigenvalue weighted by Crippen LogP contribution is -2.06. The van der Waals surface area contributed by atoms with Crippen LogP contribution in [0.3, 0.4) is 0 Å². The van der Waals surface area contributed by atoms with Crippen LogP contribution in [0.5, 0.6) is 5.75 Å². The van der Waals surface area contributed by atoms with Gasteiger partial charge in [0.15, 0.2) is 0 Å². The summed E-state index contributed by atoms with van der Waals surface area (Å²) in [7, 11) is 1.57. The number of carbonyl (C=O) groups excluding carboxylic acids is 1.